The summed E-state index contributed by atoms with van der Waals surface area (Å²) in [5, 5.41) is 17.0. The standard InChI is InChI=1S/C6H8O5/c7-5(8)3-1-11-2-4(3)6(9)10/h3-4H,1-2H2,(H,7,8)(H,9,10)/t3-,4?/m1/s1. The molecule has 0 saturated carbocycles. The SMILES string of the molecule is O=C(O)C1COC[C@H]1C(=O)O. The summed E-state index contributed by atoms with van der Waals surface area (Å²) in [7, 11) is 0. The second-order valence-electron chi connectivity index (χ2n) is 2.43. The van der Waals surface area contributed by atoms with E-state index in [1.165, 1.54) is 0 Å². The summed E-state index contributed by atoms with van der Waals surface area (Å²) in [4.78, 5) is 20.7. The summed E-state index contributed by atoms with van der Waals surface area (Å²) in [6.07, 6.45) is 0. The predicted molar refractivity (Wildman–Crippen MR) is 33.1 cm³/mol. The van der Waals surface area contributed by atoms with E-state index >= 15 is 0 Å². The highest BCUT2D eigenvalue weighted by molar-refractivity contribution is 5.80. The van der Waals surface area contributed by atoms with Gasteiger partial charge in [0.2, 0.25) is 0 Å². The number of carbonyl (C=O) groups is 2. The number of ether oxygens (including phenoxy) is 1. The first-order valence-electron chi connectivity index (χ1n) is 3.16. The molecule has 0 bridgehead atoms. The van der Waals surface area contributed by atoms with Crippen LogP contribution in [0.1, 0.15) is 0 Å². The van der Waals surface area contributed by atoms with Gasteiger partial charge in [-0.1, -0.05) is 0 Å². The Morgan fingerprint density at radius 3 is 1.73 bits per heavy atom. The van der Waals surface area contributed by atoms with Gasteiger partial charge < -0.3 is 14.9 Å². The zero-order chi connectivity index (χ0) is 8.43. The summed E-state index contributed by atoms with van der Waals surface area (Å²) in [5.41, 5.74) is 0. The summed E-state index contributed by atoms with van der Waals surface area (Å²) in [6.45, 7) is 0.0125. The second kappa shape index (κ2) is 2.87. The molecule has 62 valence electrons. The van der Waals surface area contributed by atoms with Crippen molar-refractivity contribution >= 4 is 11.9 Å². The van der Waals surface area contributed by atoms with E-state index < -0.39 is 23.8 Å². The molecule has 0 spiro atoms. The molecule has 2 atom stereocenters. The van der Waals surface area contributed by atoms with E-state index in [4.69, 9.17) is 14.9 Å². The first-order chi connectivity index (χ1) is 5.13. The van der Waals surface area contributed by atoms with Crippen LogP contribution < -0.4 is 0 Å². The van der Waals surface area contributed by atoms with Crippen LogP contribution in [0.5, 0.6) is 0 Å². The Hall–Kier alpha value is -1.10. The van der Waals surface area contributed by atoms with Crippen molar-refractivity contribution in [1.82, 2.24) is 0 Å². The van der Waals surface area contributed by atoms with Gasteiger partial charge in [-0.25, -0.2) is 0 Å². The zero-order valence-electron chi connectivity index (χ0n) is 5.69. The van der Waals surface area contributed by atoms with Crippen LogP contribution in [0, 0.1) is 11.8 Å². The Kier molecular flexibility index (Phi) is 2.09. The van der Waals surface area contributed by atoms with Crippen molar-refractivity contribution in [3.8, 4) is 0 Å². The van der Waals surface area contributed by atoms with Crippen LogP contribution in [-0.4, -0.2) is 35.4 Å². The average molecular weight is 160 g/mol. The molecule has 1 heterocycles. The van der Waals surface area contributed by atoms with Gasteiger partial charge in [-0.3, -0.25) is 9.59 Å². The van der Waals surface area contributed by atoms with Gasteiger partial charge in [0.1, 0.15) is 0 Å². The minimum absolute atomic E-state index is 0.00625. The summed E-state index contributed by atoms with van der Waals surface area (Å²) in [5.74, 6) is -3.97. The van der Waals surface area contributed by atoms with Crippen molar-refractivity contribution in [2.24, 2.45) is 11.8 Å². The maximum absolute atomic E-state index is 10.4. The third kappa shape index (κ3) is 1.48. The minimum Gasteiger partial charge on any atom is -0.481 e. The largest absolute Gasteiger partial charge is 0.481 e. The number of carboxylic acid groups (broad SMARTS) is 2. The number of hydrogen-bond donors (Lipinski definition) is 2. The molecule has 1 aliphatic heterocycles. The van der Waals surface area contributed by atoms with Crippen LogP contribution >= 0.6 is 0 Å². The van der Waals surface area contributed by atoms with Gasteiger partial charge in [0, 0.05) is 0 Å². The van der Waals surface area contributed by atoms with Gasteiger partial charge in [-0.15, -0.1) is 0 Å². The molecule has 11 heavy (non-hydrogen) atoms. The first-order valence-corrected chi connectivity index (χ1v) is 3.16. The molecule has 0 radical (unpaired) electrons. The van der Waals surface area contributed by atoms with Crippen molar-refractivity contribution in [2.75, 3.05) is 13.2 Å². The lowest BCUT2D eigenvalue weighted by Crippen LogP contribution is -2.28. The molecule has 2 N–H and O–H groups in total. The van der Waals surface area contributed by atoms with E-state index in [0.29, 0.717) is 0 Å². The Labute approximate surface area is 62.6 Å². The normalized spacial score (nSPS) is 30.2. The molecule has 5 nitrogen and oxygen atoms in total. The summed E-state index contributed by atoms with van der Waals surface area (Å²) < 4.78 is 4.73. The third-order valence-electron chi connectivity index (χ3n) is 1.71. The monoisotopic (exact) mass is 160 g/mol. The van der Waals surface area contributed by atoms with Crippen molar-refractivity contribution in [1.29, 1.82) is 0 Å². The van der Waals surface area contributed by atoms with Crippen LogP contribution in [0.2, 0.25) is 0 Å². The fourth-order valence-electron chi connectivity index (χ4n) is 1.04. The molecule has 1 rings (SSSR count). The molecule has 0 aromatic heterocycles. The molecule has 1 aliphatic rings. The van der Waals surface area contributed by atoms with Gasteiger partial charge in [-0.2, -0.15) is 0 Å². The lowest BCUT2D eigenvalue weighted by molar-refractivity contribution is -0.151. The fourth-order valence-corrected chi connectivity index (χ4v) is 1.04. The topological polar surface area (TPSA) is 83.8 Å². The minimum atomic E-state index is -1.10. The molecular formula is C6H8O5. The van der Waals surface area contributed by atoms with Crippen molar-refractivity contribution in [3.05, 3.63) is 0 Å². The van der Waals surface area contributed by atoms with Crippen molar-refractivity contribution in [2.45, 2.75) is 0 Å². The molecule has 0 aliphatic carbocycles. The maximum Gasteiger partial charge on any atom is 0.309 e. The Morgan fingerprint density at radius 2 is 1.45 bits per heavy atom. The third-order valence-corrected chi connectivity index (χ3v) is 1.71. The number of carboxylic acids is 2. The number of hydrogen-bond acceptors (Lipinski definition) is 3. The number of aliphatic carboxylic acids is 2. The molecule has 0 aromatic rings. The molecular weight excluding hydrogens is 152 g/mol. The summed E-state index contributed by atoms with van der Waals surface area (Å²) >= 11 is 0. The molecule has 0 aromatic carbocycles. The van der Waals surface area contributed by atoms with E-state index in [-0.39, 0.29) is 13.2 Å². The van der Waals surface area contributed by atoms with Crippen LogP contribution in [0.25, 0.3) is 0 Å². The fraction of sp³-hybridized carbons (Fsp3) is 0.667. The molecule has 1 unspecified atom stereocenters. The van der Waals surface area contributed by atoms with Crippen molar-refractivity contribution < 1.29 is 24.5 Å². The van der Waals surface area contributed by atoms with E-state index in [1.807, 2.05) is 0 Å². The zero-order valence-corrected chi connectivity index (χ0v) is 5.69. The predicted octanol–water partition coefficient (Wildman–Crippen LogP) is -0.582. The number of rotatable bonds is 2. The quantitative estimate of drug-likeness (QED) is 0.564. The second-order valence-corrected chi connectivity index (χ2v) is 2.43. The van der Waals surface area contributed by atoms with Gasteiger partial charge in [0.25, 0.3) is 0 Å². The lowest BCUT2D eigenvalue weighted by Gasteiger charge is -2.06. The van der Waals surface area contributed by atoms with Crippen LogP contribution in [0.3, 0.4) is 0 Å². The lowest BCUT2D eigenvalue weighted by atomic mass is 9.97. The van der Waals surface area contributed by atoms with Gasteiger partial charge in [-0.05, 0) is 0 Å². The van der Waals surface area contributed by atoms with Crippen LogP contribution in [0.15, 0.2) is 0 Å². The molecule has 1 saturated heterocycles. The highest BCUT2D eigenvalue weighted by atomic mass is 16.5. The van der Waals surface area contributed by atoms with E-state index in [0.717, 1.165) is 0 Å². The van der Waals surface area contributed by atoms with E-state index in [9.17, 15) is 9.59 Å². The summed E-state index contributed by atoms with van der Waals surface area (Å²) in [6, 6.07) is 0. The Balaban J connectivity index is 2.65. The van der Waals surface area contributed by atoms with Gasteiger partial charge >= 0.3 is 11.9 Å². The van der Waals surface area contributed by atoms with Crippen LogP contribution in [0.4, 0.5) is 0 Å². The molecule has 0 amide bonds. The Bertz CT molecular complexity index is 167. The highest BCUT2D eigenvalue weighted by Crippen LogP contribution is 2.20. The molecule has 1 fully saturated rings. The first kappa shape index (κ1) is 8.00. The highest BCUT2D eigenvalue weighted by Gasteiger charge is 2.38. The Morgan fingerprint density at radius 1 is 1.09 bits per heavy atom. The maximum atomic E-state index is 10.4. The average Bonchev–Trinajstić information content (AvgIpc) is 2.32. The van der Waals surface area contributed by atoms with E-state index in [2.05, 4.69) is 0 Å². The van der Waals surface area contributed by atoms with Gasteiger partial charge in [0.05, 0.1) is 25.0 Å². The van der Waals surface area contributed by atoms with Gasteiger partial charge in [0.15, 0.2) is 0 Å². The van der Waals surface area contributed by atoms with E-state index in [1.54, 1.807) is 0 Å². The van der Waals surface area contributed by atoms with Crippen molar-refractivity contribution in [3.63, 3.8) is 0 Å². The smallest absolute Gasteiger partial charge is 0.309 e. The van der Waals surface area contributed by atoms with Crippen LogP contribution in [-0.2, 0) is 14.3 Å². The molecule has 5 heteroatoms.